The van der Waals surface area contributed by atoms with E-state index in [0.717, 1.165) is 41.4 Å². The quantitative estimate of drug-likeness (QED) is 0.172. The lowest BCUT2D eigenvalue weighted by Gasteiger charge is -2.12. The van der Waals surface area contributed by atoms with Gasteiger partial charge < -0.3 is 10.1 Å². The van der Waals surface area contributed by atoms with Gasteiger partial charge in [-0.15, -0.1) is 11.3 Å². The Balaban J connectivity index is 1.47. The van der Waals surface area contributed by atoms with Gasteiger partial charge in [0.1, 0.15) is 10.8 Å². The van der Waals surface area contributed by atoms with Crippen LogP contribution in [0.25, 0.3) is 26.9 Å². The number of nitrogens with zero attached hydrogens (tertiary/aromatic N) is 1. The van der Waals surface area contributed by atoms with Crippen LogP contribution in [-0.4, -0.2) is 23.1 Å². The monoisotopic (exact) mass is 571 g/mol. The van der Waals surface area contributed by atoms with Crippen LogP contribution in [-0.2, 0) is 4.79 Å². The van der Waals surface area contributed by atoms with Crippen LogP contribution >= 0.6 is 46.1 Å². The molecule has 0 radical (unpaired) electrons. The molecule has 0 aliphatic carbocycles. The summed E-state index contributed by atoms with van der Waals surface area (Å²) in [6, 6.07) is 21.4. The van der Waals surface area contributed by atoms with E-state index in [1.165, 1.54) is 6.08 Å². The zero-order chi connectivity index (χ0) is 22.5. The number of carbonyl (C=O) groups is 1. The standard InChI is InChI=1S/C24H18IN3O2S2/c1-30-17-10-6-15(7-11-17)8-13-22(29)28-24(31)27-19-12-9-16(25)14-18(19)23-26-20-4-2-3-5-21(20)32-23/h2-14H,1H3,(H2,27,28,29,31). The maximum atomic E-state index is 12.3. The third kappa shape index (κ3) is 5.50. The number of benzene rings is 3. The average Bonchev–Trinajstić information content (AvgIpc) is 3.23. The number of aromatic nitrogens is 1. The van der Waals surface area contributed by atoms with Crippen LogP contribution in [0.15, 0.2) is 72.8 Å². The van der Waals surface area contributed by atoms with Crippen molar-refractivity contribution in [2.75, 3.05) is 12.4 Å². The van der Waals surface area contributed by atoms with Crippen LogP contribution in [0.1, 0.15) is 5.56 Å². The summed E-state index contributed by atoms with van der Waals surface area (Å²) < 4.78 is 7.34. The van der Waals surface area contributed by atoms with Crippen LogP contribution in [0.4, 0.5) is 5.69 Å². The third-order valence-corrected chi connectivity index (χ3v) is 6.48. The number of anilines is 1. The topological polar surface area (TPSA) is 63.2 Å². The number of halogens is 1. The smallest absolute Gasteiger partial charge is 0.250 e. The fourth-order valence-corrected chi connectivity index (χ4v) is 4.68. The largest absolute Gasteiger partial charge is 0.497 e. The van der Waals surface area contributed by atoms with Gasteiger partial charge in [0.05, 0.1) is 23.0 Å². The van der Waals surface area contributed by atoms with Crippen molar-refractivity contribution < 1.29 is 9.53 Å². The summed E-state index contributed by atoms with van der Waals surface area (Å²) in [6.45, 7) is 0. The van der Waals surface area contributed by atoms with Crippen molar-refractivity contribution >= 4 is 79.1 Å². The fourth-order valence-electron chi connectivity index (χ4n) is 2.98. The molecule has 0 aliphatic heterocycles. The van der Waals surface area contributed by atoms with Crippen LogP contribution in [0.3, 0.4) is 0 Å². The van der Waals surface area contributed by atoms with E-state index in [1.807, 2.05) is 54.6 Å². The number of ether oxygens (including phenoxy) is 1. The molecule has 8 heteroatoms. The van der Waals surface area contributed by atoms with Crippen molar-refractivity contribution in [2.45, 2.75) is 0 Å². The number of fused-ring (bicyclic) bond motifs is 1. The maximum Gasteiger partial charge on any atom is 0.250 e. The summed E-state index contributed by atoms with van der Waals surface area (Å²) in [5, 5.41) is 6.94. The van der Waals surface area contributed by atoms with E-state index in [9.17, 15) is 4.79 Å². The van der Waals surface area contributed by atoms with Gasteiger partial charge in [-0.1, -0.05) is 24.3 Å². The van der Waals surface area contributed by atoms with Gasteiger partial charge >= 0.3 is 0 Å². The second-order valence-corrected chi connectivity index (χ2v) is 9.41. The number of rotatable bonds is 5. The number of thiocarbonyl (C=S) groups is 1. The molecular formula is C24H18IN3O2S2. The highest BCUT2D eigenvalue weighted by Crippen LogP contribution is 2.35. The van der Waals surface area contributed by atoms with E-state index in [0.29, 0.717) is 0 Å². The van der Waals surface area contributed by atoms with E-state index >= 15 is 0 Å². The highest BCUT2D eigenvalue weighted by Gasteiger charge is 2.13. The number of methoxy groups -OCH3 is 1. The molecule has 0 saturated heterocycles. The first-order valence-corrected chi connectivity index (χ1v) is 11.9. The predicted molar refractivity (Wildman–Crippen MR) is 144 cm³/mol. The van der Waals surface area contributed by atoms with Crippen LogP contribution < -0.4 is 15.4 Å². The molecule has 5 nitrogen and oxygen atoms in total. The molecule has 4 rings (SSSR count). The van der Waals surface area contributed by atoms with Crippen molar-refractivity contribution in [3.63, 3.8) is 0 Å². The highest BCUT2D eigenvalue weighted by atomic mass is 127. The Labute approximate surface area is 208 Å². The Bertz CT molecular complexity index is 1280. The van der Waals surface area contributed by atoms with Gasteiger partial charge in [-0.3, -0.25) is 10.1 Å². The van der Waals surface area contributed by atoms with Gasteiger partial charge in [-0.05, 0) is 88.9 Å². The van der Waals surface area contributed by atoms with Crippen LogP contribution in [0.2, 0.25) is 0 Å². The molecule has 0 fully saturated rings. The Morgan fingerprint density at radius 2 is 1.91 bits per heavy atom. The van der Waals surface area contributed by atoms with Crippen LogP contribution in [0, 0.1) is 3.57 Å². The van der Waals surface area contributed by atoms with E-state index in [-0.39, 0.29) is 11.0 Å². The predicted octanol–water partition coefficient (Wildman–Crippen LogP) is 6.10. The molecular weight excluding hydrogens is 553 g/mol. The summed E-state index contributed by atoms with van der Waals surface area (Å²) in [6.07, 6.45) is 3.16. The summed E-state index contributed by atoms with van der Waals surface area (Å²) in [5.74, 6) is 0.448. The van der Waals surface area contributed by atoms with E-state index < -0.39 is 0 Å². The molecule has 0 saturated carbocycles. The zero-order valence-electron chi connectivity index (χ0n) is 17.0. The second kappa shape index (κ2) is 10.2. The van der Waals surface area contributed by atoms with Gasteiger partial charge in [0, 0.05) is 15.2 Å². The molecule has 0 aliphatic rings. The van der Waals surface area contributed by atoms with Crippen molar-refractivity contribution in [1.82, 2.24) is 10.3 Å². The minimum Gasteiger partial charge on any atom is -0.497 e. The van der Waals surface area contributed by atoms with Crippen LogP contribution in [0.5, 0.6) is 5.75 Å². The zero-order valence-corrected chi connectivity index (χ0v) is 20.8. The first kappa shape index (κ1) is 22.4. The molecule has 32 heavy (non-hydrogen) atoms. The summed E-state index contributed by atoms with van der Waals surface area (Å²) in [4.78, 5) is 17.1. The molecule has 0 unspecified atom stereocenters. The van der Waals surface area contributed by atoms with Gasteiger partial charge in [-0.2, -0.15) is 0 Å². The number of para-hydroxylation sites is 1. The molecule has 0 bridgehead atoms. The number of carbonyl (C=O) groups excluding carboxylic acids is 1. The summed E-state index contributed by atoms with van der Waals surface area (Å²) in [7, 11) is 1.61. The normalized spacial score (nSPS) is 10.9. The Hall–Kier alpha value is -2.82. The van der Waals surface area contributed by atoms with E-state index in [4.69, 9.17) is 21.9 Å². The van der Waals surface area contributed by atoms with E-state index in [1.54, 1.807) is 24.5 Å². The van der Waals surface area contributed by atoms with Crippen molar-refractivity contribution in [3.05, 3.63) is 81.9 Å². The molecule has 1 aromatic heterocycles. The molecule has 160 valence electrons. The lowest BCUT2D eigenvalue weighted by Crippen LogP contribution is -2.33. The number of hydrogen-bond donors (Lipinski definition) is 2. The number of thiazole rings is 1. The molecule has 3 aromatic carbocycles. The van der Waals surface area contributed by atoms with Crippen molar-refractivity contribution in [2.24, 2.45) is 0 Å². The highest BCUT2D eigenvalue weighted by molar-refractivity contribution is 14.1. The molecule has 4 aromatic rings. The van der Waals surface area contributed by atoms with Gasteiger partial charge in [0.25, 0.3) is 0 Å². The number of hydrogen-bond acceptors (Lipinski definition) is 5. The number of nitrogens with one attached hydrogen (secondary N) is 2. The van der Waals surface area contributed by atoms with Crippen molar-refractivity contribution in [1.29, 1.82) is 0 Å². The van der Waals surface area contributed by atoms with Crippen molar-refractivity contribution in [3.8, 4) is 16.3 Å². The first-order chi connectivity index (χ1) is 15.5. The van der Waals surface area contributed by atoms with Gasteiger partial charge in [0.2, 0.25) is 5.91 Å². The van der Waals surface area contributed by atoms with E-state index in [2.05, 4.69) is 45.4 Å². The Morgan fingerprint density at radius 3 is 2.66 bits per heavy atom. The minimum absolute atomic E-state index is 0.220. The lowest BCUT2D eigenvalue weighted by molar-refractivity contribution is -0.115. The molecule has 2 N–H and O–H groups in total. The average molecular weight is 571 g/mol. The third-order valence-electron chi connectivity index (χ3n) is 4.53. The Kier molecular flexibility index (Phi) is 7.13. The SMILES string of the molecule is COc1ccc(C=CC(=O)NC(=S)Nc2ccc(I)cc2-c2nc3ccccc3s2)cc1. The maximum absolute atomic E-state index is 12.3. The molecule has 1 amide bonds. The lowest BCUT2D eigenvalue weighted by atomic mass is 10.2. The Morgan fingerprint density at radius 1 is 1.12 bits per heavy atom. The fraction of sp³-hybridized carbons (Fsp3) is 0.0417. The molecule has 0 spiro atoms. The van der Waals surface area contributed by atoms with Gasteiger partial charge in [0.15, 0.2) is 5.11 Å². The molecule has 1 heterocycles. The van der Waals surface area contributed by atoms with Gasteiger partial charge in [-0.25, -0.2) is 4.98 Å². The summed E-state index contributed by atoms with van der Waals surface area (Å²) in [5.41, 5.74) is 3.56. The minimum atomic E-state index is -0.314. The summed E-state index contributed by atoms with van der Waals surface area (Å²) >= 11 is 9.26. The number of amides is 1. The first-order valence-electron chi connectivity index (χ1n) is 9.61. The second-order valence-electron chi connectivity index (χ2n) is 6.73. The molecule has 0 atom stereocenters.